The molecule has 39 heavy (non-hydrogen) atoms. The summed E-state index contributed by atoms with van der Waals surface area (Å²) in [6, 6.07) is 16.9. The van der Waals surface area contributed by atoms with E-state index >= 15 is 0 Å². The van der Waals surface area contributed by atoms with E-state index in [1.54, 1.807) is 30.3 Å². The van der Waals surface area contributed by atoms with Gasteiger partial charge >= 0.3 is 0 Å². The van der Waals surface area contributed by atoms with Crippen LogP contribution in [0, 0.1) is 17.0 Å². The number of sulfonamides is 2. The maximum absolute atomic E-state index is 13.8. The molecule has 0 spiro atoms. The van der Waals surface area contributed by atoms with Crippen molar-refractivity contribution in [3.8, 4) is 0 Å². The van der Waals surface area contributed by atoms with Crippen LogP contribution >= 0.6 is 15.9 Å². The predicted octanol–water partition coefficient (Wildman–Crippen LogP) is 5.26. The third kappa shape index (κ3) is 5.76. The van der Waals surface area contributed by atoms with E-state index in [2.05, 4.69) is 21.0 Å². The quantitative estimate of drug-likeness (QED) is 0.129. The Morgan fingerprint density at radius 2 is 1.59 bits per heavy atom. The van der Waals surface area contributed by atoms with Gasteiger partial charge in [-0.25, -0.2) is 8.42 Å². The van der Waals surface area contributed by atoms with E-state index in [1.165, 1.54) is 35.6 Å². The van der Waals surface area contributed by atoms with Gasteiger partial charge in [-0.2, -0.15) is 22.2 Å². The average Bonchev–Trinajstić information content (AvgIpc) is 3.65. The smallest absolute Gasteiger partial charge is 0.258 e. The average molecular weight is 636 g/mol. The number of nitro benzene ring substituents is 1. The SMILES string of the molecule is CCC/C(=N\N(C)S(=O)(=O)c1ccc(C)cc1)[C@@H]1[C@@H](c2ccccc2Br)N1S(=O)(=O)c1ccc([N+](=O)[O-])cc1. The Morgan fingerprint density at radius 1 is 1.00 bits per heavy atom. The van der Waals surface area contributed by atoms with Gasteiger partial charge in [0.05, 0.1) is 32.5 Å². The van der Waals surface area contributed by atoms with Gasteiger partial charge in [0.2, 0.25) is 10.0 Å². The number of nitro groups is 1. The third-order valence-electron chi connectivity index (χ3n) is 6.39. The monoisotopic (exact) mass is 634 g/mol. The molecule has 0 aromatic heterocycles. The molecule has 1 saturated heterocycles. The van der Waals surface area contributed by atoms with Crippen LogP contribution in [-0.4, -0.2) is 49.3 Å². The summed E-state index contributed by atoms with van der Waals surface area (Å²) in [5.41, 5.74) is 1.77. The van der Waals surface area contributed by atoms with E-state index in [4.69, 9.17) is 0 Å². The van der Waals surface area contributed by atoms with Crippen molar-refractivity contribution in [1.82, 2.24) is 8.72 Å². The fourth-order valence-corrected chi connectivity index (χ4v) is 7.58. The molecule has 0 N–H and O–H groups in total. The molecule has 1 aliphatic heterocycles. The molecule has 0 aliphatic carbocycles. The molecule has 1 aliphatic rings. The maximum atomic E-state index is 13.8. The van der Waals surface area contributed by atoms with E-state index in [1.807, 2.05) is 19.9 Å². The van der Waals surface area contributed by atoms with Crippen molar-refractivity contribution < 1.29 is 21.8 Å². The Bertz CT molecular complexity index is 1630. The number of non-ortho nitro benzene ring substituents is 1. The van der Waals surface area contributed by atoms with Crippen LogP contribution in [0.3, 0.4) is 0 Å². The Hall–Kier alpha value is -3.13. The van der Waals surface area contributed by atoms with Crippen LogP contribution < -0.4 is 0 Å². The molecule has 0 amide bonds. The minimum Gasteiger partial charge on any atom is -0.258 e. The Balaban J connectivity index is 1.78. The normalized spacial score (nSPS) is 19.5. The molecular formula is C26H27BrN4O6S2. The molecule has 206 valence electrons. The van der Waals surface area contributed by atoms with Crippen LogP contribution in [0.25, 0.3) is 0 Å². The lowest BCUT2D eigenvalue weighted by Crippen LogP contribution is -2.26. The highest BCUT2D eigenvalue weighted by molar-refractivity contribution is 9.10. The van der Waals surface area contributed by atoms with E-state index in [0.717, 1.165) is 22.1 Å². The minimum atomic E-state index is -4.12. The topological polar surface area (TPSA) is 130 Å². The first kappa shape index (κ1) is 28.9. The van der Waals surface area contributed by atoms with Gasteiger partial charge in [0, 0.05) is 23.7 Å². The van der Waals surface area contributed by atoms with Gasteiger partial charge in [0.15, 0.2) is 0 Å². The number of hydrogen-bond acceptors (Lipinski definition) is 7. The molecule has 13 heteroatoms. The predicted molar refractivity (Wildman–Crippen MR) is 151 cm³/mol. The zero-order valence-corrected chi connectivity index (χ0v) is 24.6. The number of hydrogen-bond donors (Lipinski definition) is 0. The number of hydrazone groups is 1. The first-order valence-corrected chi connectivity index (χ1v) is 15.7. The van der Waals surface area contributed by atoms with Crippen molar-refractivity contribution in [2.45, 2.75) is 48.6 Å². The largest absolute Gasteiger partial charge is 0.278 e. The molecule has 0 saturated carbocycles. The van der Waals surface area contributed by atoms with Gasteiger partial charge in [-0.1, -0.05) is 65.2 Å². The maximum Gasteiger partial charge on any atom is 0.278 e. The van der Waals surface area contributed by atoms with Crippen LogP contribution in [-0.2, 0) is 20.0 Å². The van der Waals surface area contributed by atoms with Crippen LogP contribution in [0.4, 0.5) is 5.69 Å². The van der Waals surface area contributed by atoms with Gasteiger partial charge in [-0.05, 0) is 49.2 Å². The lowest BCUT2D eigenvalue weighted by molar-refractivity contribution is -0.384. The van der Waals surface area contributed by atoms with Crippen molar-refractivity contribution in [2.75, 3.05) is 7.05 Å². The lowest BCUT2D eigenvalue weighted by Gasteiger charge is -2.16. The van der Waals surface area contributed by atoms with Crippen molar-refractivity contribution in [1.29, 1.82) is 0 Å². The number of rotatable bonds is 10. The van der Waals surface area contributed by atoms with Gasteiger partial charge in [0.1, 0.15) is 0 Å². The Morgan fingerprint density at radius 3 is 2.15 bits per heavy atom. The Kier molecular flexibility index (Phi) is 8.26. The number of halogens is 1. The van der Waals surface area contributed by atoms with E-state index in [-0.39, 0.29) is 15.5 Å². The molecule has 1 unspecified atom stereocenters. The first-order valence-electron chi connectivity index (χ1n) is 12.0. The van der Waals surface area contributed by atoms with Crippen molar-refractivity contribution in [3.05, 3.63) is 98.5 Å². The third-order valence-corrected chi connectivity index (χ3v) is 10.6. The summed E-state index contributed by atoms with van der Waals surface area (Å²) in [5.74, 6) is 0. The summed E-state index contributed by atoms with van der Waals surface area (Å²) in [5, 5.41) is 15.5. The summed E-state index contributed by atoms with van der Waals surface area (Å²) in [6.07, 6.45) is 0.952. The second-order valence-electron chi connectivity index (χ2n) is 9.09. The number of nitrogens with zero attached hydrogens (tertiary/aromatic N) is 4. The molecule has 0 radical (unpaired) electrons. The minimum absolute atomic E-state index is 0.0729. The number of aryl methyl sites for hydroxylation is 1. The standard InChI is InChI=1S/C26H27BrN4O6S2/c1-4-7-24(28-29(3)38(34,35)20-14-10-18(2)11-15-20)26-25(22-8-5-6-9-23(22)27)30(26)39(36,37)21-16-12-19(13-17-21)31(32)33/h5-6,8-17,25-26H,4,7H2,1-3H3/b28-24+/t25-,26-,30?/m1/s1. The lowest BCUT2D eigenvalue weighted by atomic mass is 10.0. The summed E-state index contributed by atoms with van der Waals surface area (Å²) < 4.78 is 56.9. The highest BCUT2D eigenvalue weighted by Gasteiger charge is 2.59. The molecule has 4 rings (SSSR count). The molecular weight excluding hydrogens is 608 g/mol. The van der Waals surface area contributed by atoms with E-state index in [0.29, 0.717) is 28.6 Å². The summed E-state index contributed by atoms with van der Waals surface area (Å²) >= 11 is 3.50. The van der Waals surface area contributed by atoms with Crippen LogP contribution in [0.15, 0.2) is 92.2 Å². The van der Waals surface area contributed by atoms with Crippen molar-refractivity contribution in [2.24, 2.45) is 5.10 Å². The summed E-state index contributed by atoms with van der Waals surface area (Å²) in [6.45, 7) is 3.75. The van der Waals surface area contributed by atoms with Crippen LogP contribution in [0.1, 0.15) is 36.9 Å². The molecule has 1 fully saturated rings. The Labute approximate surface area is 236 Å². The summed E-state index contributed by atoms with van der Waals surface area (Å²) in [4.78, 5) is 10.4. The zero-order valence-electron chi connectivity index (χ0n) is 21.4. The highest BCUT2D eigenvalue weighted by Crippen LogP contribution is 2.51. The van der Waals surface area contributed by atoms with Gasteiger partial charge in [0.25, 0.3) is 15.7 Å². The molecule has 0 bridgehead atoms. The molecule has 3 aromatic rings. The van der Waals surface area contributed by atoms with E-state index in [9.17, 15) is 26.9 Å². The first-order chi connectivity index (χ1) is 18.4. The number of benzene rings is 3. The zero-order chi connectivity index (χ0) is 28.5. The molecule has 1 heterocycles. The van der Waals surface area contributed by atoms with Crippen LogP contribution in [0.2, 0.25) is 0 Å². The van der Waals surface area contributed by atoms with E-state index < -0.39 is 37.1 Å². The second-order valence-corrected chi connectivity index (χ2v) is 13.7. The van der Waals surface area contributed by atoms with Gasteiger partial charge in [-0.3, -0.25) is 10.1 Å². The van der Waals surface area contributed by atoms with Crippen LogP contribution in [0.5, 0.6) is 0 Å². The van der Waals surface area contributed by atoms with Crippen molar-refractivity contribution in [3.63, 3.8) is 0 Å². The fraction of sp³-hybridized carbons (Fsp3) is 0.269. The molecule has 3 aromatic carbocycles. The molecule has 3 atom stereocenters. The highest BCUT2D eigenvalue weighted by atomic mass is 79.9. The second kappa shape index (κ2) is 11.2. The van der Waals surface area contributed by atoms with Crippen molar-refractivity contribution >= 4 is 47.4 Å². The summed E-state index contributed by atoms with van der Waals surface area (Å²) in [7, 11) is -6.77. The van der Waals surface area contributed by atoms with Gasteiger partial charge in [-0.15, -0.1) is 0 Å². The molecule has 10 nitrogen and oxygen atoms in total. The fourth-order valence-electron chi connectivity index (χ4n) is 4.33. The van der Waals surface area contributed by atoms with Gasteiger partial charge < -0.3 is 0 Å².